The molecule has 0 fully saturated rings. The van der Waals surface area contributed by atoms with Gasteiger partial charge in [0, 0.05) is 41.6 Å². The van der Waals surface area contributed by atoms with Gasteiger partial charge in [0.25, 0.3) is 0 Å². The number of hydrogen-bond donors (Lipinski definition) is 1. The topological polar surface area (TPSA) is 66.8 Å². The number of aromatic nitrogens is 4. The minimum absolute atomic E-state index is 0.594. The highest BCUT2D eigenvalue weighted by molar-refractivity contribution is 7.80. The molecule has 0 bridgehead atoms. The van der Waals surface area contributed by atoms with Crippen LogP contribution in [0.25, 0.3) is 43.9 Å². The van der Waals surface area contributed by atoms with Crippen LogP contribution in [0.15, 0.2) is 85.2 Å². The Kier molecular flexibility index (Phi) is 4.55. The van der Waals surface area contributed by atoms with E-state index in [1.54, 1.807) is 12.4 Å². The van der Waals surface area contributed by atoms with E-state index in [4.69, 9.17) is 22.2 Å². The Balaban J connectivity index is 1.48. The average Bonchev–Trinajstić information content (AvgIpc) is 2.88. The van der Waals surface area contributed by atoms with Crippen molar-refractivity contribution in [1.29, 1.82) is 0 Å². The Labute approximate surface area is 194 Å². The van der Waals surface area contributed by atoms with Crippen molar-refractivity contribution in [3.05, 3.63) is 85.2 Å². The molecule has 1 N–H and O–H groups in total. The van der Waals surface area contributed by atoms with Gasteiger partial charge in [-0.2, -0.15) is 0 Å². The molecule has 0 saturated heterocycles. The zero-order valence-corrected chi connectivity index (χ0v) is 18.5. The monoisotopic (exact) mass is 446 g/mol. The second-order valence-electron chi connectivity index (χ2n) is 7.75. The Morgan fingerprint density at radius 1 is 0.727 bits per heavy atom. The van der Waals surface area contributed by atoms with Gasteiger partial charge in [-0.25, -0.2) is 9.97 Å². The number of thiocarbonyl (C=S) groups is 1. The van der Waals surface area contributed by atoms with Gasteiger partial charge in [-0.15, -0.1) is 0 Å². The van der Waals surface area contributed by atoms with E-state index in [2.05, 4.69) is 21.4 Å². The third-order valence-electron chi connectivity index (χ3n) is 5.72. The minimum Gasteiger partial charge on any atom is -0.332 e. The predicted molar refractivity (Wildman–Crippen MR) is 139 cm³/mol. The summed E-state index contributed by atoms with van der Waals surface area (Å²) in [7, 11) is 1.94. The molecule has 0 atom stereocenters. The van der Waals surface area contributed by atoms with Crippen LogP contribution < -0.4 is 10.2 Å². The number of anilines is 2. The van der Waals surface area contributed by atoms with Gasteiger partial charge >= 0.3 is 0 Å². The summed E-state index contributed by atoms with van der Waals surface area (Å²) in [6, 6.07) is 23.8. The Morgan fingerprint density at radius 3 is 2.03 bits per heavy atom. The van der Waals surface area contributed by atoms with Crippen LogP contribution >= 0.6 is 12.2 Å². The van der Waals surface area contributed by atoms with Crippen LogP contribution in [0.4, 0.5) is 11.4 Å². The molecule has 33 heavy (non-hydrogen) atoms. The molecule has 0 amide bonds. The third-order valence-corrected chi connectivity index (χ3v) is 6.09. The van der Waals surface area contributed by atoms with Gasteiger partial charge in [-0.1, -0.05) is 30.3 Å². The summed E-state index contributed by atoms with van der Waals surface area (Å²) >= 11 is 5.62. The molecule has 0 unspecified atom stereocenters. The minimum atomic E-state index is 0.594. The molecule has 7 heteroatoms. The maximum Gasteiger partial charge on any atom is 0.177 e. The van der Waals surface area contributed by atoms with E-state index in [0.29, 0.717) is 5.11 Å². The highest BCUT2D eigenvalue weighted by atomic mass is 32.1. The smallest absolute Gasteiger partial charge is 0.177 e. The molecule has 0 aliphatic heterocycles. The van der Waals surface area contributed by atoms with Crippen LogP contribution in [0.3, 0.4) is 0 Å². The van der Waals surface area contributed by atoms with Crippen LogP contribution in [0.5, 0.6) is 0 Å². The fraction of sp³-hybridized carbons (Fsp3) is 0.0385. The summed E-state index contributed by atoms with van der Waals surface area (Å²) in [4.78, 5) is 21.0. The van der Waals surface area contributed by atoms with Crippen LogP contribution in [0, 0.1) is 0 Å². The Bertz CT molecular complexity index is 1680. The first kappa shape index (κ1) is 19.5. The Hall–Kier alpha value is -4.23. The largest absolute Gasteiger partial charge is 0.332 e. The molecule has 6 aromatic rings. The van der Waals surface area contributed by atoms with Crippen molar-refractivity contribution in [2.45, 2.75) is 0 Å². The lowest BCUT2D eigenvalue weighted by Gasteiger charge is -2.21. The molecule has 3 heterocycles. The van der Waals surface area contributed by atoms with Crippen LogP contribution in [0.2, 0.25) is 0 Å². The first-order valence-electron chi connectivity index (χ1n) is 10.5. The highest BCUT2D eigenvalue weighted by Crippen LogP contribution is 2.32. The predicted octanol–water partition coefficient (Wildman–Crippen LogP) is 5.71. The number of hydrogen-bond acceptors (Lipinski definition) is 5. The first-order chi connectivity index (χ1) is 16.2. The molecular weight excluding hydrogens is 428 g/mol. The number of rotatable bonds is 2. The average molecular weight is 447 g/mol. The van der Waals surface area contributed by atoms with Gasteiger partial charge < -0.3 is 10.2 Å². The zero-order valence-electron chi connectivity index (χ0n) is 17.7. The maximum absolute atomic E-state index is 5.62. The van der Waals surface area contributed by atoms with Crippen molar-refractivity contribution in [3.63, 3.8) is 0 Å². The number of benzene rings is 3. The van der Waals surface area contributed by atoms with Crippen LogP contribution in [0.1, 0.15) is 0 Å². The molecule has 0 aliphatic carbocycles. The highest BCUT2D eigenvalue weighted by Gasteiger charge is 2.14. The van der Waals surface area contributed by atoms with Crippen molar-refractivity contribution in [2.24, 2.45) is 0 Å². The number of nitrogens with one attached hydrogen (secondary N) is 1. The van der Waals surface area contributed by atoms with Crippen LogP contribution in [-0.2, 0) is 0 Å². The van der Waals surface area contributed by atoms with Gasteiger partial charge in [-0.3, -0.25) is 9.97 Å². The molecule has 158 valence electrons. The molecular formula is C26H18N6S. The van der Waals surface area contributed by atoms with Crippen molar-refractivity contribution >= 4 is 72.6 Å². The standard InChI is InChI=1S/C26H18N6S/c1-32(17-7-3-2-4-8-17)26(33)29-16-11-12-20-21(15-16)31-25-23-19(10-6-14-28-23)18-9-5-13-27-22(18)24(25)30-20/h2-15H,1H3,(H,29,33). The molecule has 0 aliphatic rings. The van der Waals surface area contributed by atoms with E-state index in [1.807, 2.05) is 78.7 Å². The van der Waals surface area contributed by atoms with E-state index in [-0.39, 0.29) is 0 Å². The van der Waals surface area contributed by atoms with Crippen molar-refractivity contribution in [2.75, 3.05) is 17.3 Å². The SMILES string of the molecule is CN(C(=S)Nc1ccc2nc3c4ncccc4c4cccnc4c3nc2c1)c1ccccc1. The van der Waals surface area contributed by atoms with Gasteiger partial charge in [0.05, 0.1) is 22.1 Å². The quantitative estimate of drug-likeness (QED) is 0.207. The van der Waals surface area contributed by atoms with E-state index >= 15 is 0 Å². The van der Waals surface area contributed by atoms with Gasteiger partial charge in [0.15, 0.2) is 5.11 Å². The summed E-state index contributed by atoms with van der Waals surface area (Å²) in [6.07, 6.45) is 3.57. The molecule has 3 aromatic carbocycles. The van der Waals surface area contributed by atoms with Crippen molar-refractivity contribution in [1.82, 2.24) is 19.9 Å². The Morgan fingerprint density at radius 2 is 1.36 bits per heavy atom. The summed E-state index contributed by atoms with van der Waals surface area (Å²) in [6.45, 7) is 0. The molecule has 0 radical (unpaired) electrons. The second kappa shape index (κ2) is 7.72. The molecule has 3 aromatic heterocycles. The number of para-hydroxylation sites is 1. The molecule has 0 saturated carbocycles. The van der Waals surface area contributed by atoms with Crippen molar-refractivity contribution in [3.8, 4) is 0 Å². The van der Waals surface area contributed by atoms with E-state index in [9.17, 15) is 0 Å². The second-order valence-corrected chi connectivity index (χ2v) is 8.13. The third kappa shape index (κ3) is 3.30. The van der Waals surface area contributed by atoms with E-state index in [1.165, 1.54) is 0 Å². The number of nitrogens with zero attached hydrogens (tertiary/aromatic N) is 5. The lowest BCUT2D eigenvalue weighted by molar-refractivity contribution is 1.28. The van der Waals surface area contributed by atoms with Gasteiger partial charge in [-0.05, 0) is 54.7 Å². The maximum atomic E-state index is 5.62. The first-order valence-corrected chi connectivity index (χ1v) is 10.9. The summed E-state index contributed by atoms with van der Waals surface area (Å²) in [5, 5.41) is 5.94. The summed E-state index contributed by atoms with van der Waals surface area (Å²) < 4.78 is 0. The zero-order chi connectivity index (χ0) is 22.4. The number of fused-ring (bicyclic) bond motifs is 7. The van der Waals surface area contributed by atoms with Gasteiger partial charge in [0.2, 0.25) is 0 Å². The molecule has 6 rings (SSSR count). The molecule has 6 nitrogen and oxygen atoms in total. The van der Waals surface area contributed by atoms with E-state index < -0.39 is 0 Å². The van der Waals surface area contributed by atoms with Crippen LogP contribution in [-0.4, -0.2) is 32.1 Å². The fourth-order valence-corrected chi connectivity index (χ4v) is 4.28. The summed E-state index contributed by atoms with van der Waals surface area (Å²) in [5.74, 6) is 0. The fourth-order valence-electron chi connectivity index (χ4n) is 4.06. The summed E-state index contributed by atoms with van der Waals surface area (Å²) in [5.41, 5.74) is 6.56. The van der Waals surface area contributed by atoms with Gasteiger partial charge in [0.1, 0.15) is 11.0 Å². The van der Waals surface area contributed by atoms with E-state index in [0.717, 1.165) is 55.2 Å². The number of pyridine rings is 2. The lowest BCUT2D eigenvalue weighted by atomic mass is 10.1. The lowest BCUT2D eigenvalue weighted by Crippen LogP contribution is -2.30. The normalized spacial score (nSPS) is 11.3. The van der Waals surface area contributed by atoms with Crippen molar-refractivity contribution < 1.29 is 0 Å². The molecule has 0 spiro atoms.